The van der Waals surface area contributed by atoms with Crippen LogP contribution in [-0.2, 0) is 0 Å². The number of phenols is 1. The van der Waals surface area contributed by atoms with Crippen LogP contribution in [0, 0.1) is 0 Å². The second kappa shape index (κ2) is 7.58. The van der Waals surface area contributed by atoms with Gasteiger partial charge in [0.2, 0.25) is 0 Å². The zero-order valence-electron chi connectivity index (χ0n) is 13.8. The summed E-state index contributed by atoms with van der Waals surface area (Å²) in [7, 11) is 0. The fourth-order valence-electron chi connectivity index (χ4n) is 2.86. The first kappa shape index (κ1) is 16.7. The lowest BCUT2D eigenvalue weighted by atomic mass is 10.1. The zero-order chi connectivity index (χ0) is 16.9. The van der Waals surface area contributed by atoms with E-state index in [-0.39, 0.29) is 5.75 Å². The Bertz CT molecular complexity index is 690. The fraction of sp³-hybridized carbons (Fsp3) is 0.316. The minimum absolute atomic E-state index is 0.283. The highest BCUT2D eigenvalue weighted by Gasteiger charge is 2.16. The molecule has 2 aromatic carbocycles. The summed E-state index contributed by atoms with van der Waals surface area (Å²) in [5.41, 5.74) is 3.32. The van der Waals surface area contributed by atoms with E-state index in [4.69, 9.17) is 16.7 Å². The van der Waals surface area contributed by atoms with Crippen LogP contribution in [0.1, 0.15) is 18.9 Å². The lowest BCUT2D eigenvalue weighted by Crippen LogP contribution is -2.44. The lowest BCUT2D eigenvalue weighted by Gasteiger charge is -2.35. The number of nitrogens with zero attached hydrogens (tertiary/aromatic N) is 3. The molecule has 3 rings (SSSR count). The molecule has 1 N–H and O–H groups in total. The Hall–Kier alpha value is -2.20. The molecule has 1 heterocycles. The van der Waals surface area contributed by atoms with Crippen LogP contribution in [-0.4, -0.2) is 42.0 Å². The Morgan fingerprint density at radius 3 is 2.21 bits per heavy atom. The third-order valence-corrected chi connectivity index (χ3v) is 4.50. The van der Waals surface area contributed by atoms with E-state index in [0.29, 0.717) is 0 Å². The second-order valence-electron chi connectivity index (χ2n) is 5.86. The normalized spacial score (nSPS) is 15.7. The molecule has 2 aromatic rings. The van der Waals surface area contributed by atoms with Gasteiger partial charge in [-0.2, -0.15) is 5.10 Å². The Balaban J connectivity index is 1.65. The van der Waals surface area contributed by atoms with E-state index in [0.717, 1.165) is 48.9 Å². The van der Waals surface area contributed by atoms with Gasteiger partial charge in [0, 0.05) is 23.8 Å². The molecule has 1 saturated heterocycles. The van der Waals surface area contributed by atoms with Crippen LogP contribution in [0.15, 0.2) is 53.6 Å². The van der Waals surface area contributed by atoms with Crippen LogP contribution in [0.4, 0.5) is 5.69 Å². The molecule has 0 aliphatic carbocycles. The maximum atomic E-state index is 9.42. The molecule has 5 heteroatoms. The third-order valence-electron chi connectivity index (χ3n) is 4.25. The highest BCUT2D eigenvalue weighted by molar-refractivity contribution is 6.30. The quantitative estimate of drug-likeness (QED) is 0.853. The molecule has 126 valence electrons. The SMILES string of the molecule is CC/C(=N/N1CCN(c2ccc(Cl)cc2)CC1)c1ccc(O)cc1. The molecular weight excluding hydrogens is 322 g/mol. The van der Waals surface area contributed by atoms with Crippen molar-refractivity contribution in [2.75, 3.05) is 31.1 Å². The zero-order valence-corrected chi connectivity index (χ0v) is 14.6. The van der Waals surface area contributed by atoms with E-state index in [1.54, 1.807) is 12.1 Å². The largest absolute Gasteiger partial charge is 0.508 e. The molecule has 0 amide bonds. The minimum Gasteiger partial charge on any atom is -0.508 e. The van der Waals surface area contributed by atoms with Gasteiger partial charge in [-0.15, -0.1) is 0 Å². The van der Waals surface area contributed by atoms with Gasteiger partial charge in [-0.3, -0.25) is 5.01 Å². The minimum atomic E-state index is 0.283. The molecule has 24 heavy (non-hydrogen) atoms. The molecule has 4 nitrogen and oxygen atoms in total. The summed E-state index contributed by atoms with van der Waals surface area (Å²) in [5.74, 6) is 0.283. The maximum absolute atomic E-state index is 9.42. The van der Waals surface area contributed by atoms with Gasteiger partial charge in [0.05, 0.1) is 18.8 Å². The molecule has 1 aliphatic heterocycles. The first-order valence-electron chi connectivity index (χ1n) is 8.28. The summed E-state index contributed by atoms with van der Waals surface area (Å²) in [4.78, 5) is 2.36. The number of hydrazone groups is 1. The molecule has 1 fully saturated rings. The number of phenolic OH excluding ortho intramolecular Hbond substituents is 1. The van der Waals surface area contributed by atoms with E-state index in [2.05, 4.69) is 29.0 Å². The summed E-state index contributed by atoms with van der Waals surface area (Å²) in [6.45, 7) is 5.78. The van der Waals surface area contributed by atoms with Gasteiger partial charge >= 0.3 is 0 Å². The van der Waals surface area contributed by atoms with Gasteiger partial charge in [0.15, 0.2) is 0 Å². The highest BCUT2D eigenvalue weighted by atomic mass is 35.5. The molecule has 0 radical (unpaired) electrons. The molecule has 0 bridgehead atoms. The Labute approximate surface area is 148 Å². The number of rotatable bonds is 4. The summed E-state index contributed by atoms with van der Waals surface area (Å²) < 4.78 is 0. The van der Waals surface area contributed by atoms with Crippen molar-refractivity contribution >= 4 is 23.0 Å². The van der Waals surface area contributed by atoms with E-state index in [1.807, 2.05) is 24.3 Å². The van der Waals surface area contributed by atoms with Crippen molar-refractivity contribution in [2.45, 2.75) is 13.3 Å². The van der Waals surface area contributed by atoms with Crippen molar-refractivity contribution in [3.8, 4) is 5.75 Å². The standard InChI is InChI=1S/C19H22ClN3O/c1-2-19(15-3-9-18(24)10-4-15)21-23-13-11-22(12-14-23)17-7-5-16(20)6-8-17/h3-10,24H,2,11-14H2,1H3/b21-19-. The number of anilines is 1. The molecular formula is C19H22ClN3O. The van der Waals surface area contributed by atoms with Gasteiger partial charge in [-0.25, -0.2) is 0 Å². The van der Waals surface area contributed by atoms with Gasteiger partial charge in [0.1, 0.15) is 5.75 Å². The molecule has 0 saturated carbocycles. The first-order valence-corrected chi connectivity index (χ1v) is 8.66. The summed E-state index contributed by atoms with van der Waals surface area (Å²) in [5, 5.41) is 17.1. The summed E-state index contributed by atoms with van der Waals surface area (Å²) >= 11 is 5.95. The monoisotopic (exact) mass is 343 g/mol. The van der Waals surface area contributed by atoms with Crippen LogP contribution in [0.2, 0.25) is 5.02 Å². The van der Waals surface area contributed by atoms with Crippen molar-refractivity contribution in [2.24, 2.45) is 5.10 Å². The smallest absolute Gasteiger partial charge is 0.115 e. The van der Waals surface area contributed by atoms with E-state index in [1.165, 1.54) is 5.69 Å². The van der Waals surface area contributed by atoms with Crippen LogP contribution in [0.25, 0.3) is 0 Å². The average Bonchev–Trinajstić information content (AvgIpc) is 2.62. The van der Waals surface area contributed by atoms with E-state index >= 15 is 0 Å². The van der Waals surface area contributed by atoms with Crippen LogP contribution >= 0.6 is 11.6 Å². The highest BCUT2D eigenvalue weighted by Crippen LogP contribution is 2.20. The predicted molar refractivity (Wildman–Crippen MR) is 100 cm³/mol. The van der Waals surface area contributed by atoms with Crippen molar-refractivity contribution < 1.29 is 5.11 Å². The van der Waals surface area contributed by atoms with Crippen molar-refractivity contribution in [3.63, 3.8) is 0 Å². The predicted octanol–water partition coefficient (Wildman–Crippen LogP) is 3.98. The molecule has 0 spiro atoms. The maximum Gasteiger partial charge on any atom is 0.115 e. The molecule has 0 aromatic heterocycles. The van der Waals surface area contributed by atoms with E-state index in [9.17, 15) is 5.11 Å². The number of aromatic hydroxyl groups is 1. The van der Waals surface area contributed by atoms with Crippen LogP contribution in [0.3, 0.4) is 0 Å². The summed E-state index contributed by atoms with van der Waals surface area (Å²) in [6, 6.07) is 15.2. The van der Waals surface area contributed by atoms with Gasteiger partial charge < -0.3 is 10.0 Å². The van der Waals surface area contributed by atoms with Crippen LogP contribution in [0.5, 0.6) is 5.75 Å². The Morgan fingerprint density at radius 2 is 1.62 bits per heavy atom. The number of hydrogen-bond acceptors (Lipinski definition) is 4. The van der Waals surface area contributed by atoms with Gasteiger partial charge in [-0.1, -0.05) is 18.5 Å². The van der Waals surface area contributed by atoms with Gasteiger partial charge in [-0.05, 0) is 60.5 Å². The Kier molecular flexibility index (Phi) is 5.26. The average molecular weight is 344 g/mol. The fourth-order valence-corrected chi connectivity index (χ4v) is 2.99. The Morgan fingerprint density at radius 1 is 1.00 bits per heavy atom. The summed E-state index contributed by atoms with van der Waals surface area (Å²) in [6.07, 6.45) is 0.863. The van der Waals surface area contributed by atoms with Crippen molar-refractivity contribution in [3.05, 3.63) is 59.1 Å². The molecule has 0 atom stereocenters. The van der Waals surface area contributed by atoms with Gasteiger partial charge in [0.25, 0.3) is 0 Å². The molecule has 1 aliphatic rings. The van der Waals surface area contributed by atoms with Crippen molar-refractivity contribution in [1.29, 1.82) is 0 Å². The number of halogens is 1. The lowest BCUT2D eigenvalue weighted by molar-refractivity contribution is 0.270. The number of piperazine rings is 1. The second-order valence-corrected chi connectivity index (χ2v) is 6.30. The first-order chi connectivity index (χ1) is 11.7. The van der Waals surface area contributed by atoms with E-state index < -0.39 is 0 Å². The number of hydrogen-bond donors (Lipinski definition) is 1. The molecule has 0 unspecified atom stereocenters. The van der Waals surface area contributed by atoms with Crippen LogP contribution < -0.4 is 4.90 Å². The van der Waals surface area contributed by atoms with Crippen molar-refractivity contribution in [1.82, 2.24) is 5.01 Å². The topological polar surface area (TPSA) is 39.1 Å². The number of benzene rings is 2. The third kappa shape index (κ3) is 4.01.